The number of unbranched alkanes of at least 4 members (excludes halogenated alkanes) is 12. The molecule has 0 saturated carbocycles. The predicted molar refractivity (Wildman–Crippen MR) is 223 cm³/mol. The fraction of sp³-hybridized carbons (Fsp3) is 0.617. The monoisotopic (exact) mass is 721 g/mol. The third-order valence-electron chi connectivity index (χ3n) is 8.36. The fourth-order valence-corrected chi connectivity index (χ4v) is 5.23. The third kappa shape index (κ3) is 39.6. The number of aliphatic hydroxyl groups excluding tert-OH is 1. The van der Waals surface area contributed by atoms with Crippen molar-refractivity contribution in [3.8, 4) is 0 Å². The first-order valence-corrected chi connectivity index (χ1v) is 20.8. The minimum atomic E-state index is -0.797. The SMILES string of the molecule is CC/C=C\C/C=C\C/C=C\C/C=C\C/C=C\C/C=C\CCCCCCC(=O)OC(CO)COC(=O)CCCCCCC/C=C\C/C=C\CCCCC. The summed E-state index contributed by atoms with van der Waals surface area (Å²) < 4.78 is 10.6. The average Bonchev–Trinajstić information content (AvgIpc) is 3.15. The minimum Gasteiger partial charge on any atom is -0.462 e. The molecule has 0 heterocycles. The Morgan fingerprint density at radius 2 is 0.827 bits per heavy atom. The van der Waals surface area contributed by atoms with E-state index < -0.39 is 6.10 Å². The van der Waals surface area contributed by atoms with Gasteiger partial charge >= 0.3 is 11.9 Å². The van der Waals surface area contributed by atoms with Crippen molar-refractivity contribution in [1.29, 1.82) is 0 Å². The lowest BCUT2D eigenvalue weighted by molar-refractivity contribution is -0.161. The van der Waals surface area contributed by atoms with E-state index in [0.29, 0.717) is 12.8 Å². The summed E-state index contributed by atoms with van der Waals surface area (Å²) in [5, 5.41) is 9.57. The molecule has 5 heteroatoms. The van der Waals surface area contributed by atoms with Gasteiger partial charge in [0.25, 0.3) is 0 Å². The first kappa shape index (κ1) is 48.8. The van der Waals surface area contributed by atoms with Crippen LogP contribution in [-0.4, -0.2) is 36.4 Å². The fourth-order valence-electron chi connectivity index (χ4n) is 5.23. The van der Waals surface area contributed by atoms with Crippen LogP contribution in [-0.2, 0) is 19.1 Å². The van der Waals surface area contributed by atoms with Crippen molar-refractivity contribution in [3.05, 3.63) is 97.2 Å². The van der Waals surface area contributed by atoms with Gasteiger partial charge in [0.15, 0.2) is 6.10 Å². The molecule has 0 amide bonds. The average molecular weight is 721 g/mol. The summed E-state index contributed by atoms with van der Waals surface area (Å²) >= 11 is 0. The summed E-state index contributed by atoms with van der Waals surface area (Å²) in [4.78, 5) is 24.3. The Hall–Kier alpha value is -3.18. The molecule has 0 saturated heterocycles. The lowest BCUT2D eigenvalue weighted by atomic mass is 10.1. The molecule has 1 unspecified atom stereocenters. The molecule has 0 spiro atoms. The molecule has 0 aliphatic carbocycles. The van der Waals surface area contributed by atoms with Crippen LogP contribution < -0.4 is 0 Å². The zero-order valence-corrected chi connectivity index (χ0v) is 33.3. The van der Waals surface area contributed by atoms with E-state index in [1.165, 1.54) is 32.1 Å². The zero-order chi connectivity index (χ0) is 37.8. The molecule has 0 aromatic rings. The molecule has 5 nitrogen and oxygen atoms in total. The predicted octanol–water partition coefficient (Wildman–Crippen LogP) is 13.3. The number of carbonyl (C=O) groups is 2. The molecule has 1 N–H and O–H groups in total. The number of esters is 2. The van der Waals surface area contributed by atoms with Crippen LogP contribution in [0.4, 0.5) is 0 Å². The van der Waals surface area contributed by atoms with Gasteiger partial charge in [0.2, 0.25) is 0 Å². The van der Waals surface area contributed by atoms with E-state index >= 15 is 0 Å². The summed E-state index contributed by atoms with van der Waals surface area (Å²) in [5.74, 6) is -0.645. The lowest BCUT2D eigenvalue weighted by Gasteiger charge is -2.15. The van der Waals surface area contributed by atoms with Gasteiger partial charge in [0.05, 0.1) is 6.61 Å². The van der Waals surface area contributed by atoms with Gasteiger partial charge in [-0.1, -0.05) is 156 Å². The normalized spacial score (nSPS) is 13.2. The smallest absolute Gasteiger partial charge is 0.306 e. The largest absolute Gasteiger partial charge is 0.462 e. The lowest BCUT2D eigenvalue weighted by Crippen LogP contribution is -2.28. The standard InChI is InChI=1S/C47H76O5/c1-3-5-7-9-11-13-15-17-19-20-21-22-23-24-25-26-28-30-32-34-36-38-40-42-47(50)52-45(43-48)44-51-46(49)41-39-37-35-33-31-29-27-18-16-14-12-10-8-6-4-2/h5,7,11-14,17-19,21-22,24-25,27-28,30,45,48H,3-4,6,8-10,15-16,20,23,26,29,31-44H2,1-2H3/b7-5-,13-11-,14-12-,19-17-,22-21-,25-24-,27-18-,30-28-. The Kier molecular flexibility index (Phi) is 39.7. The summed E-state index contributed by atoms with van der Waals surface area (Å²) in [7, 11) is 0. The number of aliphatic hydroxyl groups is 1. The first-order valence-electron chi connectivity index (χ1n) is 20.8. The molecular weight excluding hydrogens is 645 g/mol. The van der Waals surface area contributed by atoms with Crippen molar-refractivity contribution >= 4 is 11.9 Å². The minimum absolute atomic E-state index is 0.0900. The molecule has 0 bridgehead atoms. The van der Waals surface area contributed by atoms with Crippen molar-refractivity contribution in [2.75, 3.05) is 13.2 Å². The van der Waals surface area contributed by atoms with Gasteiger partial charge in [0, 0.05) is 12.8 Å². The van der Waals surface area contributed by atoms with Crippen molar-refractivity contribution in [3.63, 3.8) is 0 Å². The number of rotatable bonds is 36. The number of hydrogen-bond acceptors (Lipinski definition) is 5. The maximum atomic E-state index is 12.2. The van der Waals surface area contributed by atoms with Gasteiger partial charge in [-0.3, -0.25) is 9.59 Å². The van der Waals surface area contributed by atoms with Crippen LogP contribution in [0.1, 0.15) is 168 Å². The van der Waals surface area contributed by atoms with Crippen LogP contribution in [0.25, 0.3) is 0 Å². The molecule has 1 atom stereocenters. The molecule has 0 aliphatic rings. The van der Waals surface area contributed by atoms with Crippen LogP contribution >= 0.6 is 0 Å². The number of carbonyl (C=O) groups excluding carboxylic acids is 2. The molecule has 52 heavy (non-hydrogen) atoms. The summed E-state index contributed by atoms with van der Waals surface area (Å²) in [6.45, 7) is 3.94. The topological polar surface area (TPSA) is 72.8 Å². The molecule has 0 aromatic carbocycles. The molecule has 0 radical (unpaired) electrons. The van der Waals surface area contributed by atoms with E-state index in [9.17, 15) is 14.7 Å². The van der Waals surface area contributed by atoms with Gasteiger partial charge in [-0.25, -0.2) is 0 Å². The van der Waals surface area contributed by atoms with Gasteiger partial charge in [-0.15, -0.1) is 0 Å². The van der Waals surface area contributed by atoms with Crippen LogP contribution in [0, 0.1) is 0 Å². The summed E-state index contributed by atoms with van der Waals surface area (Å²) in [6, 6.07) is 0. The Balaban J connectivity index is 3.68. The highest BCUT2D eigenvalue weighted by atomic mass is 16.6. The molecular formula is C47H76O5. The highest BCUT2D eigenvalue weighted by molar-refractivity contribution is 5.70. The molecule has 0 rings (SSSR count). The quantitative estimate of drug-likeness (QED) is 0.0396. The van der Waals surface area contributed by atoms with E-state index in [1.54, 1.807) is 0 Å². The van der Waals surface area contributed by atoms with Gasteiger partial charge in [0.1, 0.15) is 6.61 Å². The molecule has 0 fully saturated rings. The third-order valence-corrected chi connectivity index (χ3v) is 8.36. The van der Waals surface area contributed by atoms with Crippen molar-refractivity contribution < 1.29 is 24.2 Å². The Labute approximate surface area is 319 Å². The van der Waals surface area contributed by atoms with Crippen molar-refractivity contribution in [2.24, 2.45) is 0 Å². The second-order valence-corrected chi connectivity index (χ2v) is 13.3. The molecule has 294 valence electrons. The van der Waals surface area contributed by atoms with Gasteiger partial charge in [-0.2, -0.15) is 0 Å². The van der Waals surface area contributed by atoms with E-state index in [0.717, 1.165) is 109 Å². The highest BCUT2D eigenvalue weighted by Gasteiger charge is 2.16. The second kappa shape index (κ2) is 42.2. The van der Waals surface area contributed by atoms with Crippen molar-refractivity contribution in [2.45, 2.75) is 174 Å². The van der Waals surface area contributed by atoms with Gasteiger partial charge in [-0.05, 0) is 96.3 Å². The number of hydrogen-bond donors (Lipinski definition) is 1. The maximum absolute atomic E-state index is 12.2. The first-order chi connectivity index (χ1) is 25.6. The van der Waals surface area contributed by atoms with Crippen LogP contribution in [0.2, 0.25) is 0 Å². The van der Waals surface area contributed by atoms with Crippen LogP contribution in [0.15, 0.2) is 97.2 Å². The van der Waals surface area contributed by atoms with Crippen LogP contribution in [0.3, 0.4) is 0 Å². The summed E-state index contributed by atoms with van der Waals surface area (Å²) in [6.07, 6.45) is 58.9. The van der Waals surface area contributed by atoms with Gasteiger partial charge < -0.3 is 14.6 Å². The van der Waals surface area contributed by atoms with Crippen LogP contribution in [0.5, 0.6) is 0 Å². The second-order valence-electron chi connectivity index (χ2n) is 13.3. The molecule has 0 aromatic heterocycles. The van der Waals surface area contributed by atoms with E-state index in [2.05, 4.69) is 111 Å². The highest BCUT2D eigenvalue weighted by Crippen LogP contribution is 2.11. The Morgan fingerprint density at radius 3 is 1.25 bits per heavy atom. The Morgan fingerprint density at radius 1 is 0.462 bits per heavy atom. The van der Waals surface area contributed by atoms with E-state index in [-0.39, 0.29) is 25.2 Å². The maximum Gasteiger partial charge on any atom is 0.306 e. The molecule has 0 aliphatic heterocycles. The van der Waals surface area contributed by atoms with Crippen molar-refractivity contribution in [1.82, 2.24) is 0 Å². The zero-order valence-electron chi connectivity index (χ0n) is 33.3. The summed E-state index contributed by atoms with van der Waals surface area (Å²) in [5.41, 5.74) is 0. The Bertz CT molecular complexity index is 1040. The van der Waals surface area contributed by atoms with E-state index in [4.69, 9.17) is 9.47 Å². The number of ether oxygens (including phenoxy) is 2. The number of allylic oxidation sites excluding steroid dienone is 16. The van der Waals surface area contributed by atoms with E-state index in [1.807, 2.05) is 0 Å².